The van der Waals surface area contributed by atoms with Gasteiger partial charge in [0.05, 0.1) is 12.2 Å². The van der Waals surface area contributed by atoms with Crippen molar-refractivity contribution in [2.24, 2.45) is 35.5 Å². The number of hydrogen-bond donors (Lipinski definition) is 2. The van der Waals surface area contributed by atoms with E-state index in [1.54, 1.807) is 0 Å². The predicted molar refractivity (Wildman–Crippen MR) is 151 cm³/mol. The van der Waals surface area contributed by atoms with Crippen LogP contribution in [-0.4, -0.2) is 41.1 Å². The van der Waals surface area contributed by atoms with Crippen LogP contribution in [-0.2, 0) is 22.4 Å². The second kappa shape index (κ2) is 13.7. The lowest BCUT2D eigenvalue weighted by molar-refractivity contribution is -0.158. The van der Waals surface area contributed by atoms with Gasteiger partial charge in [0.2, 0.25) is 0 Å². The van der Waals surface area contributed by atoms with Gasteiger partial charge in [0.1, 0.15) is 11.9 Å². The minimum Gasteiger partial charge on any atom is -0.482 e. The number of rotatable bonds is 12. The Bertz CT molecular complexity index is 897. The van der Waals surface area contributed by atoms with E-state index < -0.39 is 0 Å². The topological polar surface area (TPSA) is 76.0 Å². The van der Waals surface area contributed by atoms with Gasteiger partial charge in [-0.15, -0.1) is 0 Å². The summed E-state index contributed by atoms with van der Waals surface area (Å²) in [5.74, 6) is 3.16. The first kappa shape index (κ1) is 29.4. The molecule has 2 saturated carbocycles. The first-order chi connectivity index (χ1) is 18.3. The third kappa shape index (κ3) is 7.33. The van der Waals surface area contributed by atoms with Gasteiger partial charge < -0.3 is 19.7 Å². The first-order valence-electron chi connectivity index (χ1n) is 15.6. The minimum absolute atomic E-state index is 0.0117. The Morgan fingerprint density at radius 2 is 1.92 bits per heavy atom. The smallest absolute Gasteiger partial charge is 0.344 e. The molecular weight excluding hydrogens is 476 g/mol. The average molecular weight is 529 g/mol. The molecule has 3 aliphatic rings. The number of ether oxygens (including phenoxy) is 2. The molecule has 5 heteroatoms. The molecule has 0 spiro atoms. The minimum atomic E-state index is -0.298. The van der Waals surface area contributed by atoms with Crippen molar-refractivity contribution in [1.29, 1.82) is 0 Å². The van der Waals surface area contributed by atoms with E-state index in [9.17, 15) is 15.0 Å². The number of aliphatic hydroxyl groups excluding tert-OH is 2. The third-order valence-corrected chi connectivity index (χ3v) is 9.91. The fourth-order valence-electron chi connectivity index (χ4n) is 7.69. The molecule has 2 fully saturated rings. The predicted octanol–water partition coefficient (Wildman–Crippen LogP) is 6.50. The molecule has 3 aliphatic carbocycles. The summed E-state index contributed by atoms with van der Waals surface area (Å²) in [7, 11) is 0. The number of carbonyl (C=O) groups is 1. The van der Waals surface area contributed by atoms with E-state index in [0.717, 1.165) is 63.5 Å². The third-order valence-electron chi connectivity index (χ3n) is 9.91. The van der Waals surface area contributed by atoms with E-state index in [1.807, 2.05) is 12.1 Å². The summed E-state index contributed by atoms with van der Waals surface area (Å²) in [5.41, 5.74) is 2.47. The van der Waals surface area contributed by atoms with Crippen molar-refractivity contribution in [3.63, 3.8) is 0 Å². The van der Waals surface area contributed by atoms with Gasteiger partial charge in [-0.05, 0) is 104 Å². The van der Waals surface area contributed by atoms with Crippen molar-refractivity contribution in [2.75, 3.05) is 6.61 Å². The number of esters is 1. The number of unbranched alkanes of at least 4 members (excludes halogenated alkanes) is 2. The summed E-state index contributed by atoms with van der Waals surface area (Å²) < 4.78 is 12.0. The molecule has 1 aromatic carbocycles. The number of hydrogen-bond acceptors (Lipinski definition) is 5. The molecule has 2 N–H and O–H groups in total. The van der Waals surface area contributed by atoms with Gasteiger partial charge in [-0.2, -0.15) is 0 Å². The Morgan fingerprint density at radius 1 is 1.11 bits per heavy atom. The summed E-state index contributed by atoms with van der Waals surface area (Å²) in [4.78, 5) is 12.8. The van der Waals surface area contributed by atoms with Crippen LogP contribution in [0.5, 0.6) is 5.75 Å². The van der Waals surface area contributed by atoms with Crippen molar-refractivity contribution < 1.29 is 24.5 Å². The quantitative estimate of drug-likeness (QED) is 0.239. The molecule has 8 atom stereocenters. The van der Waals surface area contributed by atoms with E-state index in [2.05, 4.69) is 33.8 Å². The van der Waals surface area contributed by atoms with Crippen LogP contribution in [0.2, 0.25) is 0 Å². The van der Waals surface area contributed by atoms with Crippen molar-refractivity contribution >= 4 is 5.97 Å². The van der Waals surface area contributed by atoms with Gasteiger partial charge in [0, 0.05) is 0 Å². The maximum Gasteiger partial charge on any atom is 0.344 e. The van der Waals surface area contributed by atoms with Crippen molar-refractivity contribution in [3.05, 3.63) is 29.3 Å². The Hall–Kier alpha value is -1.59. The number of carbonyl (C=O) groups excluding carboxylic acids is 1. The Balaban J connectivity index is 1.33. The van der Waals surface area contributed by atoms with E-state index in [-0.39, 0.29) is 36.8 Å². The Kier molecular flexibility index (Phi) is 10.6. The largest absolute Gasteiger partial charge is 0.482 e. The van der Waals surface area contributed by atoms with Crippen molar-refractivity contribution in [3.8, 4) is 5.75 Å². The maximum absolute atomic E-state index is 12.8. The van der Waals surface area contributed by atoms with Gasteiger partial charge in [-0.25, -0.2) is 4.79 Å². The summed E-state index contributed by atoms with van der Waals surface area (Å²) in [5, 5.41) is 21.4. The lowest BCUT2D eigenvalue weighted by Crippen LogP contribution is -2.37. The molecule has 214 valence electrons. The van der Waals surface area contributed by atoms with Crippen LogP contribution < -0.4 is 4.74 Å². The number of benzene rings is 1. The molecule has 0 radical (unpaired) electrons. The van der Waals surface area contributed by atoms with Crippen LogP contribution in [0.1, 0.15) is 103 Å². The zero-order valence-electron chi connectivity index (χ0n) is 24.2. The molecule has 0 saturated heterocycles. The lowest BCUT2D eigenvalue weighted by atomic mass is 9.73. The molecule has 0 amide bonds. The molecule has 0 heterocycles. The highest BCUT2D eigenvalue weighted by molar-refractivity contribution is 5.71. The first-order valence-corrected chi connectivity index (χ1v) is 15.6. The van der Waals surface area contributed by atoms with Crippen LogP contribution in [0.4, 0.5) is 0 Å². The summed E-state index contributed by atoms with van der Waals surface area (Å²) in [6, 6.07) is 6.17. The molecule has 1 aromatic rings. The number of fused-ring (bicyclic) bond motifs is 2. The molecule has 0 bridgehead atoms. The maximum atomic E-state index is 12.8. The summed E-state index contributed by atoms with van der Waals surface area (Å²) in [6.45, 7) is 8.83. The highest BCUT2D eigenvalue weighted by Crippen LogP contribution is 2.48. The zero-order valence-corrected chi connectivity index (χ0v) is 24.2. The van der Waals surface area contributed by atoms with Gasteiger partial charge in [0.25, 0.3) is 0 Å². The van der Waals surface area contributed by atoms with E-state index in [4.69, 9.17) is 9.47 Å². The van der Waals surface area contributed by atoms with Crippen LogP contribution >= 0.6 is 0 Å². The van der Waals surface area contributed by atoms with Crippen LogP contribution in [0.25, 0.3) is 0 Å². The average Bonchev–Trinajstić information content (AvgIpc) is 3.18. The molecule has 38 heavy (non-hydrogen) atoms. The molecule has 0 aromatic heterocycles. The fraction of sp³-hybridized carbons (Fsp3) is 0.788. The molecule has 1 unspecified atom stereocenters. The standard InChI is InChI=1S/C33H52O5/c1-5-6-7-10-25(34)13-15-27-28-17-23-9-8-11-31(29(23)18-24(28)19-30(27)35)37-20-33(36)38-32-16-22(4)12-14-26(32)21(2)3/h8-9,11,21-22,24-28,30,32,34-35H,5-7,10,12-20H2,1-4H3/t22-,24+,25+,26?,27-,28+,30-,32-/m1/s1. The fourth-order valence-corrected chi connectivity index (χ4v) is 7.69. The van der Waals surface area contributed by atoms with Gasteiger partial charge in [0.15, 0.2) is 6.61 Å². The summed E-state index contributed by atoms with van der Waals surface area (Å²) >= 11 is 0. The van der Waals surface area contributed by atoms with E-state index >= 15 is 0 Å². The van der Waals surface area contributed by atoms with E-state index in [0.29, 0.717) is 29.6 Å². The lowest BCUT2D eigenvalue weighted by Gasteiger charge is -2.36. The Morgan fingerprint density at radius 3 is 2.68 bits per heavy atom. The second-order valence-corrected chi connectivity index (χ2v) is 13.1. The monoisotopic (exact) mass is 528 g/mol. The molecule has 5 nitrogen and oxygen atoms in total. The van der Waals surface area contributed by atoms with Gasteiger partial charge in [-0.1, -0.05) is 65.5 Å². The normalized spacial score (nSPS) is 31.5. The molecular formula is C33H52O5. The van der Waals surface area contributed by atoms with Gasteiger partial charge in [-0.3, -0.25) is 0 Å². The van der Waals surface area contributed by atoms with Crippen molar-refractivity contribution in [1.82, 2.24) is 0 Å². The van der Waals surface area contributed by atoms with Crippen LogP contribution in [0, 0.1) is 35.5 Å². The summed E-state index contributed by atoms with van der Waals surface area (Å²) in [6.07, 6.45) is 11.3. The van der Waals surface area contributed by atoms with E-state index in [1.165, 1.54) is 30.4 Å². The number of aliphatic hydroxyl groups is 2. The van der Waals surface area contributed by atoms with Gasteiger partial charge >= 0.3 is 5.97 Å². The molecule has 0 aliphatic heterocycles. The van der Waals surface area contributed by atoms with Crippen molar-refractivity contribution in [2.45, 2.75) is 123 Å². The molecule has 4 rings (SSSR count). The zero-order chi connectivity index (χ0) is 27.2. The van der Waals surface area contributed by atoms with Crippen LogP contribution in [0.15, 0.2) is 18.2 Å². The second-order valence-electron chi connectivity index (χ2n) is 13.1. The highest BCUT2D eigenvalue weighted by atomic mass is 16.6. The SMILES string of the molecule is CCCCC[C@H](O)CC[C@@H]1[C@H]2Cc3cccc(OCC(=O)O[C@@H]4C[C@H](C)CCC4C(C)C)c3C[C@H]2C[C@H]1O. The highest BCUT2D eigenvalue weighted by Gasteiger charge is 2.45. The Labute approximate surface area is 230 Å². The van der Waals surface area contributed by atoms with Crippen LogP contribution in [0.3, 0.4) is 0 Å².